The highest BCUT2D eigenvalue weighted by Gasteiger charge is 2.07. The summed E-state index contributed by atoms with van der Waals surface area (Å²) in [5.74, 6) is 0.660. The van der Waals surface area contributed by atoms with Crippen LogP contribution in [0.15, 0.2) is 10.8 Å². The second-order valence-corrected chi connectivity index (χ2v) is 3.91. The van der Waals surface area contributed by atoms with Crippen molar-refractivity contribution in [3.8, 4) is 0 Å². The van der Waals surface area contributed by atoms with Gasteiger partial charge in [0.2, 0.25) is 5.91 Å². The van der Waals surface area contributed by atoms with Crippen LogP contribution in [0, 0.1) is 0 Å². The van der Waals surface area contributed by atoms with Crippen LogP contribution in [-0.2, 0) is 9.53 Å². The Morgan fingerprint density at radius 1 is 1.59 bits per heavy atom. The van der Waals surface area contributed by atoms with E-state index >= 15 is 0 Å². The number of ether oxygens (including phenoxy) is 1. The molecule has 0 aliphatic heterocycles. The third-order valence-corrected chi connectivity index (χ3v) is 2.64. The molecule has 94 valence electrons. The van der Waals surface area contributed by atoms with Gasteiger partial charge in [0, 0.05) is 13.7 Å². The fraction of sp³-hybridized carbons (Fsp3) is 0.444. The number of nitrogens with zero attached hydrogens (tertiary/aromatic N) is 2. The van der Waals surface area contributed by atoms with Crippen molar-refractivity contribution >= 4 is 33.5 Å². The van der Waals surface area contributed by atoms with Crippen molar-refractivity contribution in [2.75, 3.05) is 37.9 Å². The van der Waals surface area contributed by atoms with E-state index in [2.05, 4.69) is 36.5 Å². The third kappa shape index (κ3) is 4.53. The normalized spacial score (nSPS) is 10.0. The van der Waals surface area contributed by atoms with Crippen molar-refractivity contribution < 1.29 is 9.53 Å². The summed E-state index contributed by atoms with van der Waals surface area (Å²) in [6, 6.07) is 0. The first-order valence-corrected chi connectivity index (χ1v) is 5.70. The molecule has 1 aromatic rings. The molecule has 0 unspecified atom stereocenters. The largest absolute Gasteiger partial charge is 0.383 e. The van der Waals surface area contributed by atoms with Gasteiger partial charge in [0.15, 0.2) is 0 Å². The van der Waals surface area contributed by atoms with Gasteiger partial charge in [-0.25, -0.2) is 9.97 Å². The number of rotatable bonds is 6. The van der Waals surface area contributed by atoms with Crippen LogP contribution in [0.3, 0.4) is 0 Å². The van der Waals surface area contributed by atoms with Crippen LogP contribution in [0.4, 0.5) is 11.6 Å². The zero-order valence-corrected chi connectivity index (χ0v) is 11.0. The smallest absolute Gasteiger partial charge is 0.239 e. The van der Waals surface area contributed by atoms with Gasteiger partial charge in [-0.05, 0) is 15.9 Å². The molecule has 0 aliphatic rings. The molecule has 17 heavy (non-hydrogen) atoms. The van der Waals surface area contributed by atoms with Gasteiger partial charge in [-0.2, -0.15) is 0 Å². The van der Waals surface area contributed by atoms with E-state index in [9.17, 15) is 4.79 Å². The minimum atomic E-state index is -0.147. The fourth-order valence-electron chi connectivity index (χ4n) is 1.03. The maximum Gasteiger partial charge on any atom is 0.239 e. The number of carbonyl (C=O) groups excluding carboxylic acids is 1. The minimum absolute atomic E-state index is 0.110. The average Bonchev–Trinajstić information content (AvgIpc) is 2.31. The van der Waals surface area contributed by atoms with Gasteiger partial charge in [0.05, 0.1) is 13.2 Å². The number of nitrogen functional groups attached to an aromatic ring is 1. The highest BCUT2D eigenvalue weighted by atomic mass is 79.9. The summed E-state index contributed by atoms with van der Waals surface area (Å²) < 4.78 is 5.36. The van der Waals surface area contributed by atoms with Crippen molar-refractivity contribution in [2.45, 2.75) is 0 Å². The first kappa shape index (κ1) is 13.7. The molecule has 0 aliphatic carbocycles. The van der Waals surface area contributed by atoms with Gasteiger partial charge in [-0.1, -0.05) is 0 Å². The van der Waals surface area contributed by atoms with Crippen LogP contribution in [0.25, 0.3) is 0 Å². The summed E-state index contributed by atoms with van der Waals surface area (Å²) in [6.07, 6.45) is 1.32. The van der Waals surface area contributed by atoms with E-state index in [1.54, 1.807) is 7.11 Å². The summed E-state index contributed by atoms with van der Waals surface area (Å²) in [4.78, 5) is 19.1. The number of nitrogens with two attached hydrogens (primary N) is 1. The first-order chi connectivity index (χ1) is 8.15. The van der Waals surface area contributed by atoms with E-state index in [-0.39, 0.29) is 12.5 Å². The Kier molecular flexibility index (Phi) is 5.64. The van der Waals surface area contributed by atoms with Gasteiger partial charge in [-0.15, -0.1) is 0 Å². The molecule has 1 heterocycles. The van der Waals surface area contributed by atoms with E-state index in [1.807, 2.05) is 0 Å². The summed E-state index contributed by atoms with van der Waals surface area (Å²) in [7, 11) is 1.57. The van der Waals surface area contributed by atoms with Gasteiger partial charge < -0.3 is 21.1 Å². The molecule has 4 N–H and O–H groups in total. The van der Waals surface area contributed by atoms with Crippen molar-refractivity contribution in [3.05, 3.63) is 10.8 Å². The predicted octanol–water partition coefficient (Wildman–Crippen LogP) is -0.00420. The highest BCUT2D eigenvalue weighted by molar-refractivity contribution is 9.10. The molecule has 0 aromatic carbocycles. The third-order valence-electron chi connectivity index (χ3n) is 1.86. The van der Waals surface area contributed by atoms with E-state index in [0.29, 0.717) is 29.3 Å². The average molecular weight is 304 g/mol. The number of carbonyl (C=O) groups is 1. The Labute approximate surface area is 107 Å². The van der Waals surface area contributed by atoms with Crippen molar-refractivity contribution in [1.82, 2.24) is 15.3 Å². The highest BCUT2D eigenvalue weighted by Crippen LogP contribution is 2.23. The Bertz CT molecular complexity index is 388. The summed E-state index contributed by atoms with van der Waals surface area (Å²) in [5.41, 5.74) is 5.57. The lowest BCUT2D eigenvalue weighted by molar-refractivity contribution is -0.119. The lowest BCUT2D eigenvalue weighted by Crippen LogP contribution is -2.32. The number of nitrogens with one attached hydrogen (secondary N) is 2. The molecule has 7 nitrogen and oxygen atoms in total. The van der Waals surface area contributed by atoms with Crippen LogP contribution in [0.1, 0.15) is 0 Å². The van der Waals surface area contributed by atoms with Crippen LogP contribution in [0.2, 0.25) is 0 Å². The predicted molar refractivity (Wildman–Crippen MR) is 67.5 cm³/mol. The van der Waals surface area contributed by atoms with E-state index in [1.165, 1.54) is 6.33 Å². The molecule has 1 rings (SSSR count). The number of hydrogen-bond donors (Lipinski definition) is 3. The second-order valence-electron chi connectivity index (χ2n) is 3.12. The van der Waals surface area contributed by atoms with Gasteiger partial charge in [-0.3, -0.25) is 4.79 Å². The van der Waals surface area contributed by atoms with E-state index in [0.717, 1.165) is 0 Å². The first-order valence-electron chi connectivity index (χ1n) is 4.90. The zero-order chi connectivity index (χ0) is 12.7. The topological polar surface area (TPSA) is 102 Å². The van der Waals surface area contributed by atoms with Crippen molar-refractivity contribution in [1.29, 1.82) is 0 Å². The van der Waals surface area contributed by atoms with Crippen molar-refractivity contribution in [3.63, 3.8) is 0 Å². The fourth-order valence-corrected chi connectivity index (χ4v) is 1.37. The number of aromatic nitrogens is 2. The molecule has 1 aromatic heterocycles. The number of anilines is 2. The zero-order valence-electron chi connectivity index (χ0n) is 9.36. The number of halogens is 1. The quantitative estimate of drug-likeness (QED) is 0.639. The maximum atomic E-state index is 11.4. The standard InChI is InChI=1S/C9H14BrN5O2/c1-17-3-2-12-6(16)4-13-9-7(10)8(11)14-5-15-9/h5H,2-4H2,1H3,(H,12,16)(H3,11,13,14,15). The van der Waals surface area contributed by atoms with Gasteiger partial charge >= 0.3 is 0 Å². The van der Waals surface area contributed by atoms with Crippen LogP contribution in [0.5, 0.6) is 0 Å². The Morgan fingerprint density at radius 3 is 3.06 bits per heavy atom. The number of methoxy groups -OCH3 is 1. The molecule has 0 spiro atoms. The minimum Gasteiger partial charge on any atom is -0.383 e. The molecular weight excluding hydrogens is 290 g/mol. The molecule has 0 saturated heterocycles. The summed E-state index contributed by atoms with van der Waals surface area (Å²) in [5, 5.41) is 5.52. The molecule has 8 heteroatoms. The van der Waals surface area contributed by atoms with E-state index in [4.69, 9.17) is 10.5 Å². The van der Waals surface area contributed by atoms with Gasteiger partial charge in [0.1, 0.15) is 22.4 Å². The van der Waals surface area contributed by atoms with Crippen LogP contribution in [-0.4, -0.2) is 42.7 Å². The SMILES string of the molecule is COCCNC(=O)CNc1ncnc(N)c1Br. The van der Waals surface area contributed by atoms with E-state index < -0.39 is 0 Å². The second kappa shape index (κ2) is 7.02. The molecule has 0 saturated carbocycles. The lowest BCUT2D eigenvalue weighted by atomic mass is 10.5. The number of hydrogen-bond acceptors (Lipinski definition) is 6. The summed E-state index contributed by atoms with van der Waals surface area (Å²) >= 11 is 3.23. The lowest BCUT2D eigenvalue weighted by Gasteiger charge is -2.08. The Hall–Kier alpha value is -1.41. The Balaban J connectivity index is 2.39. The molecule has 0 radical (unpaired) electrons. The molecule has 1 amide bonds. The summed E-state index contributed by atoms with van der Waals surface area (Å²) in [6.45, 7) is 1.07. The molecule has 0 atom stereocenters. The Morgan fingerprint density at radius 2 is 2.35 bits per heavy atom. The van der Waals surface area contributed by atoms with Crippen LogP contribution >= 0.6 is 15.9 Å². The maximum absolute atomic E-state index is 11.4. The molecule has 0 fully saturated rings. The van der Waals surface area contributed by atoms with Crippen molar-refractivity contribution in [2.24, 2.45) is 0 Å². The molecular formula is C9H14BrN5O2. The number of amides is 1. The van der Waals surface area contributed by atoms with Crippen LogP contribution < -0.4 is 16.4 Å². The van der Waals surface area contributed by atoms with Gasteiger partial charge in [0.25, 0.3) is 0 Å². The molecule has 0 bridgehead atoms. The monoisotopic (exact) mass is 303 g/mol.